The molecule has 0 aliphatic heterocycles. The molecule has 0 aliphatic rings. The molecule has 5 heteroatoms. The lowest BCUT2D eigenvalue weighted by atomic mass is 9.98. The number of aliphatic carboxylic acids is 1. The zero-order chi connectivity index (χ0) is 16.7. The van der Waals surface area contributed by atoms with Crippen LogP contribution in [-0.4, -0.2) is 30.1 Å². The third-order valence-electron chi connectivity index (χ3n) is 3.47. The van der Waals surface area contributed by atoms with Gasteiger partial charge in [0.05, 0.1) is 7.11 Å². The van der Waals surface area contributed by atoms with Crippen LogP contribution in [0.2, 0.25) is 0 Å². The zero-order valence-electron chi connectivity index (χ0n) is 13.6. The molecule has 22 heavy (non-hydrogen) atoms. The van der Waals surface area contributed by atoms with Crippen molar-refractivity contribution in [3.8, 4) is 5.75 Å². The number of carbonyl (C=O) groups excluding carboxylic acids is 1. The summed E-state index contributed by atoms with van der Waals surface area (Å²) in [6.45, 7) is 5.67. The second-order valence-electron chi connectivity index (χ2n) is 5.98. The Morgan fingerprint density at radius 3 is 2.23 bits per heavy atom. The first-order valence-corrected chi connectivity index (χ1v) is 7.49. The Kier molecular flexibility index (Phi) is 6.89. The monoisotopic (exact) mass is 307 g/mol. The highest BCUT2D eigenvalue weighted by Gasteiger charge is 2.23. The number of methoxy groups -OCH3 is 1. The number of nitrogens with one attached hydrogen (secondary N) is 1. The average Bonchev–Trinajstić information content (AvgIpc) is 2.46. The van der Waals surface area contributed by atoms with Crippen LogP contribution in [0.25, 0.3) is 0 Å². The SMILES string of the molecule is COc1ccc(CC(C)C(=O)NC(CC(C)C)C(=O)O)cc1. The Morgan fingerprint density at radius 1 is 1.18 bits per heavy atom. The van der Waals surface area contributed by atoms with Crippen LogP contribution in [0.5, 0.6) is 5.75 Å². The molecule has 0 aromatic heterocycles. The molecule has 0 spiro atoms. The second-order valence-corrected chi connectivity index (χ2v) is 5.98. The molecule has 1 rings (SSSR count). The molecule has 1 aromatic rings. The molecule has 2 N–H and O–H groups in total. The lowest BCUT2D eigenvalue weighted by molar-refractivity contribution is -0.142. The summed E-state index contributed by atoms with van der Waals surface area (Å²) in [5.41, 5.74) is 1.01. The molecule has 2 unspecified atom stereocenters. The predicted molar refractivity (Wildman–Crippen MR) is 84.9 cm³/mol. The summed E-state index contributed by atoms with van der Waals surface area (Å²) in [4.78, 5) is 23.4. The van der Waals surface area contributed by atoms with Crippen LogP contribution >= 0.6 is 0 Å². The lowest BCUT2D eigenvalue weighted by Crippen LogP contribution is -2.44. The fraction of sp³-hybridized carbons (Fsp3) is 0.529. The van der Waals surface area contributed by atoms with E-state index in [1.807, 2.05) is 38.1 Å². The van der Waals surface area contributed by atoms with Crippen molar-refractivity contribution in [2.75, 3.05) is 7.11 Å². The lowest BCUT2D eigenvalue weighted by Gasteiger charge is -2.19. The topological polar surface area (TPSA) is 75.6 Å². The van der Waals surface area contributed by atoms with Crippen LogP contribution in [-0.2, 0) is 16.0 Å². The van der Waals surface area contributed by atoms with Gasteiger partial charge < -0.3 is 15.2 Å². The van der Waals surface area contributed by atoms with Crippen molar-refractivity contribution in [1.82, 2.24) is 5.32 Å². The van der Waals surface area contributed by atoms with E-state index in [1.54, 1.807) is 14.0 Å². The third-order valence-corrected chi connectivity index (χ3v) is 3.47. The minimum absolute atomic E-state index is 0.207. The second kappa shape index (κ2) is 8.41. The molecule has 1 aromatic carbocycles. The molecule has 0 radical (unpaired) electrons. The van der Waals surface area contributed by atoms with Gasteiger partial charge in [-0.05, 0) is 36.5 Å². The minimum atomic E-state index is -0.987. The summed E-state index contributed by atoms with van der Waals surface area (Å²) in [6.07, 6.45) is 0.986. The van der Waals surface area contributed by atoms with Crippen LogP contribution in [0.15, 0.2) is 24.3 Å². The van der Waals surface area contributed by atoms with E-state index in [2.05, 4.69) is 5.32 Å². The summed E-state index contributed by atoms with van der Waals surface area (Å²) in [5, 5.41) is 11.8. The van der Waals surface area contributed by atoms with E-state index in [9.17, 15) is 14.7 Å². The normalized spacial score (nSPS) is 13.5. The maximum absolute atomic E-state index is 12.2. The molecule has 0 saturated carbocycles. The summed E-state index contributed by atoms with van der Waals surface area (Å²) < 4.78 is 5.09. The number of hydrogen-bond acceptors (Lipinski definition) is 3. The minimum Gasteiger partial charge on any atom is -0.497 e. The number of rotatable bonds is 8. The van der Waals surface area contributed by atoms with E-state index in [0.717, 1.165) is 11.3 Å². The van der Waals surface area contributed by atoms with Crippen molar-refractivity contribution in [2.45, 2.75) is 39.7 Å². The summed E-state index contributed by atoms with van der Waals surface area (Å²) in [6, 6.07) is 6.68. The van der Waals surface area contributed by atoms with Gasteiger partial charge in [-0.1, -0.05) is 32.9 Å². The summed E-state index contributed by atoms with van der Waals surface area (Å²) in [7, 11) is 1.60. The average molecular weight is 307 g/mol. The largest absolute Gasteiger partial charge is 0.497 e. The Hall–Kier alpha value is -2.04. The highest BCUT2D eigenvalue weighted by molar-refractivity contribution is 5.84. The van der Waals surface area contributed by atoms with Crippen molar-refractivity contribution in [2.24, 2.45) is 11.8 Å². The Balaban J connectivity index is 2.61. The first kappa shape index (κ1) is 18.0. The van der Waals surface area contributed by atoms with Crippen molar-refractivity contribution in [3.63, 3.8) is 0 Å². The van der Waals surface area contributed by atoms with Gasteiger partial charge in [-0.2, -0.15) is 0 Å². The van der Waals surface area contributed by atoms with Crippen molar-refractivity contribution in [3.05, 3.63) is 29.8 Å². The highest BCUT2D eigenvalue weighted by atomic mass is 16.5. The van der Waals surface area contributed by atoms with Crippen LogP contribution in [0.1, 0.15) is 32.8 Å². The van der Waals surface area contributed by atoms with Crippen molar-refractivity contribution in [1.29, 1.82) is 0 Å². The van der Waals surface area contributed by atoms with Crippen LogP contribution in [0.4, 0.5) is 0 Å². The van der Waals surface area contributed by atoms with Crippen molar-refractivity contribution < 1.29 is 19.4 Å². The van der Waals surface area contributed by atoms with Gasteiger partial charge in [0.1, 0.15) is 11.8 Å². The maximum atomic E-state index is 12.2. The molecule has 0 fully saturated rings. The number of carboxylic acid groups (broad SMARTS) is 1. The number of carbonyl (C=O) groups is 2. The van der Waals surface area contributed by atoms with E-state index in [4.69, 9.17) is 4.74 Å². The molecule has 0 bridgehead atoms. The van der Waals surface area contributed by atoms with E-state index in [0.29, 0.717) is 12.8 Å². The molecule has 1 amide bonds. The molecule has 2 atom stereocenters. The van der Waals surface area contributed by atoms with Crippen LogP contribution in [0.3, 0.4) is 0 Å². The molecule has 122 valence electrons. The smallest absolute Gasteiger partial charge is 0.326 e. The van der Waals surface area contributed by atoms with Crippen molar-refractivity contribution >= 4 is 11.9 Å². The van der Waals surface area contributed by atoms with Gasteiger partial charge in [0, 0.05) is 5.92 Å². The van der Waals surface area contributed by atoms with Gasteiger partial charge >= 0.3 is 5.97 Å². The van der Waals surface area contributed by atoms with Gasteiger partial charge in [-0.3, -0.25) is 4.79 Å². The molecule has 5 nitrogen and oxygen atoms in total. The fourth-order valence-electron chi connectivity index (χ4n) is 2.21. The molecule has 0 aliphatic carbocycles. The number of hydrogen-bond donors (Lipinski definition) is 2. The van der Waals surface area contributed by atoms with Gasteiger partial charge in [0.25, 0.3) is 0 Å². The summed E-state index contributed by atoms with van der Waals surface area (Å²) >= 11 is 0. The van der Waals surface area contributed by atoms with E-state index >= 15 is 0 Å². The van der Waals surface area contributed by atoms with Gasteiger partial charge in [-0.25, -0.2) is 4.79 Å². The number of benzene rings is 1. The van der Waals surface area contributed by atoms with Gasteiger partial charge in [0.15, 0.2) is 0 Å². The highest BCUT2D eigenvalue weighted by Crippen LogP contribution is 2.15. The first-order chi connectivity index (χ1) is 10.3. The fourth-order valence-corrected chi connectivity index (χ4v) is 2.21. The molecule has 0 heterocycles. The first-order valence-electron chi connectivity index (χ1n) is 7.49. The summed E-state index contributed by atoms with van der Waals surface area (Å²) in [5.74, 6) is -0.535. The Morgan fingerprint density at radius 2 is 1.77 bits per heavy atom. The van der Waals surface area contributed by atoms with E-state index in [-0.39, 0.29) is 17.7 Å². The quantitative estimate of drug-likeness (QED) is 0.773. The number of carboxylic acids is 1. The molecule has 0 saturated heterocycles. The van der Waals surface area contributed by atoms with E-state index < -0.39 is 12.0 Å². The van der Waals surface area contributed by atoms with Gasteiger partial charge in [0.2, 0.25) is 5.91 Å². The van der Waals surface area contributed by atoms with Crippen LogP contribution < -0.4 is 10.1 Å². The van der Waals surface area contributed by atoms with Gasteiger partial charge in [-0.15, -0.1) is 0 Å². The van der Waals surface area contributed by atoms with E-state index in [1.165, 1.54) is 0 Å². The molecular formula is C17H25NO4. The maximum Gasteiger partial charge on any atom is 0.326 e. The predicted octanol–water partition coefficient (Wildman–Crippen LogP) is 2.49. The number of ether oxygens (including phenoxy) is 1. The third kappa shape index (κ3) is 5.76. The Bertz CT molecular complexity index is 496. The molecular weight excluding hydrogens is 282 g/mol. The van der Waals surface area contributed by atoms with Crippen LogP contribution in [0, 0.1) is 11.8 Å². The Labute approximate surface area is 131 Å². The zero-order valence-corrected chi connectivity index (χ0v) is 13.6. The number of amides is 1. The standard InChI is InChI=1S/C17H25NO4/c1-11(2)9-15(17(20)21)18-16(19)12(3)10-13-5-7-14(22-4)8-6-13/h5-8,11-12,15H,9-10H2,1-4H3,(H,18,19)(H,20,21).